The highest BCUT2D eigenvalue weighted by Gasteiger charge is 2.25. The van der Waals surface area contributed by atoms with E-state index in [1.54, 1.807) is 13.3 Å². The van der Waals surface area contributed by atoms with Crippen molar-refractivity contribution < 1.29 is 17.9 Å². The number of hydrogen-bond donors (Lipinski definition) is 2. The van der Waals surface area contributed by atoms with Gasteiger partial charge in [0.1, 0.15) is 18.1 Å². The standard InChI is InChI=1S/C20H26F2N4O2/c1-23-20(24-8-12-27-15-6-7-16(21)17(22)13-15)25-14-18(19-5-4-11-28-19)26-9-2-3-10-26/h4-7,11,13,18H,2-3,8-10,12,14H2,1H3,(H2,23,24,25). The van der Waals surface area contributed by atoms with Gasteiger partial charge in [0.05, 0.1) is 18.8 Å². The summed E-state index contributed by atoms with van der Waals surface area (Å²) in [6, 6.07) is 7.53. The van der Waals surface area contributed by atoms with E-state index in [1.807, 2.05) is 12.1 Å². The Kier molecular flexibility index (Phi) is 7.25. The van der Waals surface area contributed by atoms with E-state index in [1.165, 1.54) is 18.9 Å². The molecule has 0 saturated carbocycles. The van der Waals surface area contributed by atoms with E-state index in [-0.39, 0.29) is 11.8 Å². The number of nitrogens with one attached hydrogen (secondary N) is 2. The zero-order valence-electron chi connectivity index (χ0n) is 16.0. The van der Waals surface area contributed by atoms with Crippen LogP contribution >= 0.6 is 0 Å². The van der Waals surface area contributed by atoms with Crippen LogP contribution in [0, 0.1) is 11.6 Å². The van der Waals surface area contributed by atoms with Crippen LogP contribution in [0.25, 0.3) is 0 Å². The summed E-state index contributed by atoms with van der Waals surface area (Å²) in [6.07, 6.45) is 4.10. The lowest BCUT2D eigenvalue weighted by molar-refractivity contribution is 0.215. The Labute approximate surface area is 163 Å². The van der Waals surface area contributed by atoms with E-state index in [9.17, 15) is 8.78 Å². The highest BCUT2D eigenvalue weighted by Crippen LogP contribution is 2.24. The van der Waals surface area contributed by atoms with Gasteiger partial charge in [-0.2, -0.15) is 0 Å². The van der Waals surface area contributed by atoms with E-state index < -0.39 is 11.6 Å². The SMILES string of the molecule is CN=C(NCCOc1ccc(F)c(F)c1)NCC(c1ccco1)N1CCCC1. The second-order valence-corrected chi connectivity index (χ2v) is 6.58. The number of furan rings is 1. The van der Waals surface area contributed by atoms with Gasteiger partial charge in [-0.3, -0.25) is 9.89 Å². The van der Waals surface area contributed by atoms with Gasteiger partial charge in [-0.15, -0.1) is 0 Å². The number of rotatable bonds is 8. The minimum atomic E-state index is -0.922. The summed E-state index contributed by atoms with van der Waals surface area (Å²) in [5.74, 6) is 0.0553. The molecule has 1 saturated heterocycles. The second-order valence-electron chi connectivity index (χ2n) is 6.58. The molecule has 2 N–H and O–H groups in total. The van der Waals surface area contributed by atoms with Crippen LogP contribution in [0.5, 0.6) is 5.75 Å². The van der Waals surface area contributed by atoms with Crippen LogP contribution in [0.3, 0.4) is 0 Å². The first kappa shape index (κ1) is 20.1. The maximum Gasteiger partial charge on any atom is 0.191 e. The molecule has 0 radical (unpaired) electrons. The lowest BCUT2D eigenvalue weighted by Crippen LogP contribution is -2.43. The minimum absolute atomic E-state index is 0.148. The molecule has 1 aromatic heterocycles. The molecule has 0 aliphatic carbocycles. The predicted octanol–water partition coefficient (Wildman–Crippen LogP) is 2.94. The molecule has 1 fully saturated rings. The van der Waals surface area contributed by atoms with Gasteiger partial charge in [-0.25, -0.2) is 8.78 Å². The summed E-state index contributed by atoms with van der Waals surface area (Å²) in [7, 11) is 1.70. The quantitative estimate of drug-likeness (QED) is 0.411. The monoisotopic (exact) mass is 392 g/mol. The van der Waals surface area contributed by atoms with Crippen molar-refractivity contribution in [3.05, 3.63) is 54.0 Å². The fourth-order valence-electron chi connectivity index (χ4n) is 3.26. The number of aliphatic imine (C=N–C) groups is 1. The van der Waals surface area contributed by atoms with Crippen LogP contribution in [0.2, 0.25) is 0 Å². The number of halogens is 2. The molecule has 28 heavy (non-hydrogen) atoms. The molecule has 152 valence electrons. The van der Waals surface area contributed by atoms with Crippen LogP contribution in [0.1, 0.15) is 24.6 Å². The third kappa shape index (κ3) is 5.45. The maximum atomic E-state index is 13.2. The summed E-state index contributed by atoms with van der Waals surface area (Å²) in [5.41, 5.74) is 0. The molecule has 6 nitrogen and oxygen atoms in total. The molecule has 2 heterocycles. The molecule has 1 aromatic carbocycles. The third-order valence-electron chi connectivity index (χ3n) is 4.69. The lowest BCUT2D eigenvalue weighted by Gasteiger charge is -2.26. The van der Waals surface area contributed by atoms with Gasteiger partial charge < -0.3 is 19.8 Å². The van der Waals surface area contributed by atoms with Crippen molar-refractivity contribution in [1.29, 1.82) is 0 Å². The molecule has 1 unspecified atom stereocenters. The minimum Gasteiger partial charge on any atom is -0.492 e. The van der Waals surface area contributed by atoms with Crippen molar-refractivity contribution in [2.75, 3.05) is 39.8 Å². The Bertz CT molecular complexity index is 762. The predicted molar refractivity (Wildman–Crippen MR) is 103 cm³/mol. The normalized spacial score (nSPS) is 16.2. The zero-order valence-corrected chi connectivity index (χ0v) is 16.0. The van der Waals surface area contributed by atoms with Crippen molar-refractivity contribution in [2.45, 2.75) is 18.9 Å². The average Bonchev–Trinajstić information content (AvgIpc) is 3.41. The summed E-state index contributed by atoms with van der Waals surface area (Å²) >= 11 is 0. The lowest BCUT2D eigenvalue weighted by atomic mass is 10.2. The largest absolute Gasteiger partial charge is 0.492 e. The van der Waals surface area contributed by atoms with Gasteiger partial charge in [-0.05, 0) is 50.2 Å². The van der Waals surface area contributed by atoms with E-state index in [0.717, 1.165) is 31.0 Å². The van der Waals surface area contributed by atoms with Crippen LogP contribution in [0.4, 0.5) is 8.78 Å². The molecule has 3 rings (SSSR count). The van der Waals surface area contributed by atoms with Crippen LogP contribution in [0.15, 0.2) is 46.0 Å². The van der Waals surface area contributed by atoms with Gasteiger partial charge in [0.2, 0.25) is 0 Å². The van der Waals surface area contributed by atoms with Crippen molar-refractivity contribution in [3.8, 4) is 5.75 Å². The van der Waals surface area contributed by atoms with Crippen LogP contribution in [-0.4, -0.2) is 50.7 Å². The number of hydrogen-bond acceptors (Lipinski definition) is 4. The maximum absolute atomic E-state index is 13.2. The van der Waals surface area contributed by atoms with Crippen LogP contribution < -0.4 is 15.4 Å². The fourth-order valence-corrected chi connectivity index (χ4v) is 3.26. The zero-order chi connectivity index (χ0) is 19.8. The van der Waals surface area contributed by atoms with E-state index in [0.29, 0.717) is 25.7 Å². The van der Waals surface area contributed by atoms with Gasteiger partial charge >= 0.3 is 0 Å². The highest BCUT2D eigenvalue weighted by molar-refractivity contribution is 5.79. The fraction of sp³-hybridized carbons (Fsp3) is 0.450. The van der Waals surface area contributed by atoms with Crippen molar-refractivity contribution in [2.24, 2.45) is 4.99 Å². The third-order valence-corrected chi connectivity index (χ3v) is 4.69. The first-order valence-corrected chi connectivity index (χ1v) is 9.47. The van der Waals surface area contributed by atoms with Gasteiger partial charge in [0.15, 0.2) is 17.6 Å². The molecule has 0 amide bonds. The number of benzene rings is 1. The Morgan fingerprint density at radius 2 is 2.04 bits per heavy atom. The van der Waals surface area contributed by atoms with Gasteiger partial charge in [0.25, 0.3) is 0 Å². The van der Waals surface area contributed by atoms with E-state index >= 15 is 0 Å². The van der Waals surface area contributed by atoms with Crippen LogP contribution in [-0.2, 0) is 0 Å². The van der Waals surface area contributed by atoms with Crippen molar-refractivity contribution in [3.63, 3.8) is 0 Å². The smallest absolute Gasteiger partial charge is 0.191 e. The first-order valence-electron chi connectivity index (χ1n) is 9.47. The Hall–Kier alpha value is -2.61. The first-order chi connectivity index (χ1) is 13.7. The molecule has 2 aromatic rings. The van der Waals surface area contributed by atoms with Gasteiger partial charge in [0, 0.05) is 19.7 Å². The molecule has 1 aliphatic heterocycles. The molecule has 0 spiro atoms. The molecular formula is C20H26F2N4O2. The van der Waals surface area contributed by atoms with E-state index in [2.05, 4.69) is 20.5 Å². The second kappa shape index (κ2) is 10.1. The Morgan fingerprint density at radius 1 is 1.21 bits per heavy atom. The highest BCUT2D eigenvalue weighted by atomic mass is 19.2. The molecule has 8 heteroatoms. The Morgan fingerprint density at radius 3 is 2.71 bits per heavy atom. The molecule has 0 bridgehead atoms. The molecule has 1 atom stereocenters. The molecular weight excluding hydrogens is 366 g/mol. The van der Waals surface area contributed by atoms with Crippen molar-refractivity contribution >= 4 is 5.96 Å². The summed E-state index contributed by atoms with van der Waals surface area (Å²) in [4.78, 5) is 6.63. The molecule has 1 aliphatic rings. The number of likely N-dealkylation sites (tertiary alicyclic amines) is 1. The number of nitrogens with zero attached hydrogens (tertiary/aromatic N) is 2. The summed E-state index contributed by atoms with van der Waals surface area (Å²) in [5, 5.41) is 6.48. The topological polar surface area (TPSA) is 62.0 Å². The van der Waals surface area contributed by atoms with E-state index in [4.69, 9.17) is 9.15 Å². The average molecular weight is 392 g/mol. The van der Waals surface area contributed by atoms with Crippen molar-refractivity contribution in [1.82, 2.24) is 15.5 Å². The Balaban J connectivity index is 1.45. The summed E-state index contributed by atoms with van der Waals surface area (Å²) < 4.78 is 37.2. The number of guanidine groups is 1. The summed E-state index contributed by atoms with van der Waals surface area (Å²) in [6.45, 7) is 3.53. The number of ether oxygens (including phenoxy) is 1. The van der Waals surface area contributed by atoms with Gasteiger partial charge in [-0.1, -0.05) is 0 Å².